The minimum atomic E-state index is -4.07. The molecule has 0 spiro atoms. The zero-order valence-electron chi connectivity index (χ0n) is 13.8. The Labute approximate surface area is 139 Å². The number of alkyl halides is 3. The van der Waals surface area contributed by atoms with Crippen molar-refractivity contribution in [2.45, 2.75) is 25.4 Å². The second-order valence-corrected chi connectivity index (χ2v) is 5.57. The van der Waals surface area contributed by atoms with Crippen molar-refractivity contribution in [3.8, 4) is 0 Å². The number of anilines is 1. The molecule has 1 aliphatic heterocycles. The SMILES string of the molecule is CN=C(NCCCCC(F)(F)F)N1CCN(c2ncccn2)CC1. The lowest BCUT2D eigenvalue weighted by atomic mass is 10.2. The molecule has 1 aromatic heterocycles. The molecule has 0 saturated carbocycles. The highest BCUT2D eigenvalue weighted by molar-refractivity contribution is 5.80. The van der Waals surface area contributed by atoms with Crippen molar-refractivity contribution >= 4 is 11.9 Å². The van der Waals surface area contributed by atoms with E-state index in [1.54, 1.807) is 25.5 Å². The molecular formula is C15H23F3N6. The van der Waals surface area contributed by atoms with E-state index in [9.17, 15) is 13.2 Å². The monoisotopic (exact) mass is 344 g/mol. The molecule has 9 heteroatoms. The third kappa shape index (κ3) is 5.86. The van der Waals surface area contributed by atoms with Gasteiger partial charge in [-0.05, 0) is 18.9 Å². The summed E-state index contributed by atoms with van der Waals surface area (Å²) in [4.78, 5) is 16.9. The van der Waals surface area contributed by atoms with Crippen LogP contribution in [-0.4, -0.2) is 66.8 Å². The van der Waals surface area contributed by atoms with Crippen molar-refractivity contribution in [3.05, 3.63) is 18.5 Å². The first kappa shape index (κ1) is 18.3. The summed E-state index contributed by atoms with van der Waals surface area (Å²) in [6.07, 6.45) is -0.768. The van der Waals surface area contributed by atoms with Crippen molar-refractivity contribution in [3.63, 3.8) is 0 Å². The number of aromatic nitrogens is 2. The van der Waals surface area contributed by atoms with Crippen LogP contribution in [0.2, 0.25) is 0 Å². The molecule has 134 valence electrons. The van der Waals surface area contributed by atoms with E-state index in [0.717, 1.165) is 32.1 Å². The predicted molar refractivity (Wildman–Crippen MR) is 87.1 cm³/mol. The molecule has 0 aromatic carbocycles. The maximum Gasteiger partial charge on any atom is 0.389 e. The number of nitrogens with one attached hydrogen (secondary N) is 1. The van der Waals surface area contributed by atoms with Gasteiger partial charge in [0.25, 0.3) is 0 Å². The molecule has 0 bridgehead atoms. The van der Waals surface area contributed by atoms with Crippen LogP contribution in [0.15, 0.2) is 23.5 Å². The van der Waals surface area contributed by atoms with Crippen molar-refractivity contribution in [2.24, 2.45) is 4.99 Å². The summed E-state index contributed by atoms with van der Waals surface area (Å²) >= 11 is 0. The summed E-state index contributed by atoms with van der Waals surface area (Å²) in [5.74, 6) is 1.45. The van der Waals surface area contributed by atoms with E-state index in [1.165, 1.54) is 0 Å². The smallest absolute Gasteiger partial charge is 0.356 e. The highest BCUT2D eigenvalue weighted by Gasteiger charge is 2.26. The van der Waals surface area contributed by atoms with Gasteiger partial charge in [0, 0.05) is 58.6 Å². The van der Waals surface area contributed by atoms with E-state index in [0.29, 0.717) is 18.9 Å². The van der Waals surface area contributed by atoms with Gasteiger partial charge in [0.15, 0.2) is 5.96 Å². The second kappa shape index (κ2) is 8.70. The average Bonchev–Trinajstić information content (AvgIpc) is 2.58. The number of rotatable bonds is 5. The zero-order chi connectivity index (χ0) is 17.4. The Bertz CT molecular complexity index is 512. The van der Waals surface area contributed by atoms with Crippen LogP contribution in [-0.2, 0) is 0 Å². The Morgan fingerprint density at radius 2 is 1.83 bits per heavy atom. The average molecular weight is 344 g/mol. The summed E-state index contributed by atoms with van der Waals surface area (Å²) < 4.78 is 36.3. The quantitative estimate of drug-likeness (QED) is 0.502. The first-order chi connectivity index (χ1) is 11.5. The Kier molecular flexibility index (Phi) is 6.62. The molecule has 1 N–H and O–H groups in total. The fourth-order valence-corrected chi connectivity index (χ4v) is 2.56. The van der Waals surface area contributed by atoms with Crippen molar-refractivity contribution in [1.29, 1.82) is 0 Å². The molecule has 0 amide bonds. The number of guanidine groups is 1. The number of hydrogen-bond acceptors (Lipinski definition) is 4. The molecule has 0 radical (unpaired) electrons. The van der Waals surface area contributed by atoms with Crippen LogP contribution in [0.5, 0.6) is 0 Å². The highest BCUT2D eigenvalue weighted by Crippen LogP contribution is 2.21. The van der Waals surface area contributed by atoms with Crippen molar-refractivity contribution < 1.29 is 13.2 Å². The summed E-state index contributed by atoms with van der Waals surface area (Å²) in [5.41, 5.74) is 0. The number of hydrogen-bond donors (Lipinski definition) is 1. The van der Waals surface area contributed by atoms with Gasteiger partial charge in [-0.2, -0.15) is 13.2 Å². The first-order valence-corrected chi connectivity index (χ1v) is 8.04. The maximum absolute atomic E-state index is 12.1. The normalized spacial score (nSPS) is 16.4. The summed E-state index contributed by atoms with van der Waals surface area (Å²) in [6, 6.07) is 1.78. The Hall–Kier alpha value is -2.06. The highest BCUT2D eigenvalue weighted by atomic mass is 19.4. The summed E-state index contributed by atoms with van der Waals surface area (Å²) in [6.45, 7) is 3.57. The van der Waals surface area contributed by atoms with Crippen LogP contribution < -0.4 is 10.2 Å². The fourth-order valence-electron chi connectivity index (χ4n) is 2.56. The molecule has 1 aliphatic rings. The number of halogens is 3. The van der Waals surface area contributed by atoms with E-state index in [1.807, 2.05) is 0 Å². The van der Waals surface area contributed by atoms with Crippen molar-refractivity contribution in [1.82, 2.24) is 20.2 Å². The van der Waals surface area contributed by atoms with E-state index in [2.05, 4.69) is 30.1 Å². The lowest BCUT2D eigenvalue weighted by molar-refractivity contribution is -0.135. The molecule has 24 heavy (non-hydrogen) atoms. The molecule has 6 nitrogen and oxygen atoms in total. The standard InChI is InChI=1S/C15H23F3N6/c1-19-13(20-6-3-2-5-15(16,17)18)23-9-11-24(12-10-23)14-21-7-4-8-22-14/h4,7-8H,2-3,5-6,9-12H2,1H3,(H,19,20). The lowest BCUT2D eigenvalue weighted by Gasteiger charge is -2.36. The van der Waals surface area contributed by atoms with Crippen LogP contribution in [0.1, 0.15) is 19.3 Å². The van der Waals surface area contributed by atoms with E-state index in [4.69, 9.17) is 0 Å². The first-order valence-electron chi connectivity index (χ1n) is 8.04. The fraction of sp³-hybridized carbons (Fsp3) is 0.667. The molecule has 2 heterocycles. The second-order valence-electron chi connectivity index (χ2n) is 5.57. The molecule has 1 fully saturated rings. The van der Waals surface area contributed by atoms with Gasteiger partial charge in [-0.3, -0.25) is 4.99 Å². The Balaban J connectivity index is 1.71. The van der Waals surface area contributed by atoms with Gasteiger partial charge < -0.3 is 15.1 Å². The largest absolute Gasteiger partial charge is 0.389 e. The molecule has 2 rings (SSSR count). The molecule has 1 aromatic rings. The third-order valence-electron chi connectivity index (χ3n) is 3.80. The van der Waals surface area contributed by atoms with Crippen molar-refractivity contribution in [2.75, 3.05) is 44.7 Å². The van der Waals surface area contributed by atoms with E-state index in [-0.39, 0.29) is 6.42 Å². The molecular weight excluding hydrogens is 321 g/mol. The number of unbranched alkanes of at least 4 members (excludes halogenated alkanes) is 1. The van der Waals surface area contributed by atoms with Crippen LogP contribution in [0.3, 0.4) is 0 Å². The Morgan fingerprint density at radius 1 is 1.17 bits per heavy atom. The number of piperazine rings is 1. The van der Waals surface area contributed by atoms with Gasteiger partial charge >= 0.3 is 6.18 Å². The van der Waals surface area contributed by atoms with Crippen LogP contribution >= 0.6 is 0 Å². The minimum Gasteiger partial charge on any atom is -0.356 e. The van der Waals surface area contributed by atoms with Gasteiger partial charge in [0.05, 0.1) is 0 Å². The van der Waals surface area contributed by atoms with Gasteiger partial charge in [-0.1, -0.05) is 0 Å². The molecule has 0 aliphatic carbocycles. The van der Waals surface area contributed by atoms with Gasteiger partial charge in [0.1, 0.15) is 0 Å². The number of nitrogens with zero attached hydrogens (tertiary/aromatic N) is 5. The van der Waals surface area contributed by atoms with Crippen LogP contribution in [0.25, 0.3) is 0 Å². The molecule has 0 atom stereocenters. The van der Waals surface area contributed by atoms with Crippen LogP contribution in [0, 0.1) is 0 Å². The van der Waals surface area contributed by atoms with E-state index < -0.39 is 12.6 Å². The zero-order valence-corrected chi connectivity index (χ0v) is 13.8. The van der Waals surface area contributed by atoms with E-state index >= 15 is 0 Å². The molecule has 0 unspecified atom stereocenters. The molecule has 1 saturated heterocycles. The lowest BCUT2D eigenvalue weighted by Crippen LogP contribution is -2.53. The minimum absolute atomic E-state index is 0.132. The van der Waals surface area contributed by atoms with Gasteiger partial charge in [-0.25, -0.2) is 9.97 Å². The summed E-state index contributed by atoms with van der Waals surface area (Å²) in [5, 5.41) is 3.14. The summed E-state index contributed by atoms with van der Waals surface area (Å²) in [7, 11) is 1.69. The third-order valence-corrected chi connectivity index (χ3v) is 3.80. The van der Waals surface area contributed by atoms with Gasteiger partial charge in [0.2, 0.25) is 5.95 Å². The van der Waals surface area contributed by atoms with Crippen LogP contribution in [0.4, 0.5) is 19.1 Å². The van der Waals surface area contributed by atoms with Gasteiger partial charge in [-0.15, -0.1) is 0 Å². The predicted octanol–water partition coefficient (Wildman–Crippen LogP) is 1.91. The topological polar surface area (TPSA) is 56.7 Å². The number of aliphatic imine (C=N–C) groups is 1. The Morgan fingerprint density at radius 3 is 2.42 bits per heavy atom. The maximum atomic E-state index is 12.1.